The van der Waals surface area contributed by atoms with E-state index in [0.29, 0.717) is 0 Å². The van der Waals surface area contributed by atoms with Crippen molar-refractivity contribution in [3.8, 4) is 0 Å². The second-order valence-corrected chi connectivity index (χ2v) is 20.6. The first-order chi connectivity index (χ1) is 35.3. The largest absolute Gasteiger partial charge is 0.294 e. The summed E-state index contributed by atoms with van der Waals surface area (Å²) in [7, 11) is 0. The van der Waals surface area contributed by atoms with Gasteiger partial charge in [-0.15, -0.1) is 0 Å². The summed E-state index contributed by atoms with van der Waals surface area (Å²) in [6, 6.07) is 68.1. The van der Waals surface area contributed by atoms with Gasteiger partial charge in [0, 0.05) is 104 Å². The lowest BCUT2D eigenvalue weighted by Crippen LogP contribution is -2.53. The fourth-order valence-electron chi connectivity index (χ4n) is 14.0. The van der Waals surface area contributed by atoms with Gasteiger partial charge in [-0.25, -0.2) is 0 Å². The minimum Gasteiger partial charge on any atom is -0.294 e. The van der Waals surface area contributed by atoms with Gasteiger partial charge in [-0.3, -0.25) is 28.8 Å². The lowest BCUT2D eigenvalue weighted by atomic mass is 9.47. The molecule has 0 unspecified atom stereocenters. The van der Waals surface area contributed by atoms with Crippen molar-refractivity contribution in [1.29, 1.82) is 0 Å². The van der Waals surface area contributed by atoms with Gasteiger partial charge in [0.05, 0.1) is 0 Å². The van der Waals surface area contributed by atoms with Crippen LogP contribution in [-0.2, 0) is 0 Å². The van der Waals surface area contributed by atoms with Crippen molar-refractivity contribution in [2.24, 2.45) is 35.5 Å². The first-order valence-electron chi connectivity index (χ1n) is 25.1. The molecule has 0 spiro atoms. The van der Waals surface area contributed by atoms with Gasteiger partial charge in [-0.05, 0) is 69.8 Å². The molecular formula is C66H48O6. The smallest absolute Gasteiger partial charge is 0.167 e. The average molecular weight is 937 g/mol. The zero-order valence-corrected chi connectivity index (χ0v) is 39.2. The van der Waals surface area contributed by atoms with E-state index in [-0.39, 0.29) is 68.1 Å². The molecule has 14 rings (SSSR count). The topological polar surface area (TPSA) is 102 Å². The van der Waals surface area contributed by atoms with Gasteiger partial charge in [0.25, 0.3) is 0 Å². The number of hydrogen-bond acceptors (Lipinski definition) is 6. The second-order valence-electron chi connectivity index (χ2n) is 20.6. The number of ketones is 6. The van der Waals surface area contributed by atoms with Crippen molar-refractivity contribution in [2.45, 2.75) is 35.5 Å². The lowest BCUT2D eigenvalue weighted by molar-refractivity contribution is 0.0436. The third kappa shape index (κ3) is 6.76. The van der Waals surface area contributed by atoms with Crippen molar-refractivity contribution in [3.05, 3.63) is 285 Å². The van der Waals surface area contributed by atoms with Gasteiger partial charge in [-0.2, -0.15) is 0 Å². The molecule has 12 atom stereocenters. The van der Waals surface area contributed by atoms with Gasteiger partial charge in [0.1, 0.15) is 0 Å². The minimum atomic E-state index is -0.922. The highest BCUT2D eigenvalue weighted by atomic mass is 16.2. The molecule has 0 saturated heterocycles. The van der Waals surface area contributed by atoms with Crippen LogP contribution in [0.1, 0.15) is 131 Å². The molecule has 8 aromatic carbocycles. The number of carbonyl (C=O) groups excluding carboxylic acids is 6. The number of benzene rings is 8. The second kappa shape index (κ2) is 17.3. The monoisotopic (exact) mass is 936 g/mol. The van der Waals surface area contributed by atoms with Gasteiger partial charge in [-0.1, -0.05) is 182 Å². The predicted molar refractivity (Wildman–Crippen MR) is 275 cm³/mol. The van der Waals surface area contributed by atoms with Crippen LogP contribution in [0.2, 0.25) is 0 Å². The molecule has 6 aliphatic rings. The highest BCUT2D eigenvalue weighted by molar-refractivity contribution is 6.17. The van der Waals surface area contributed by atoms with E-state index in [1.54, 1.807) is 36.4 Å². The van der Waals surface area contributed by atoms with E-state index in [2.05, 4.69) is 0 Å². The number of carbonyl (C=O) groups is 6. The minimum absolute atomic E-state index is 0.152. The Labute approximate surface area is 417 Å². The summed E-state index contributed by atoms with van der Waals surface area (Å²) in [5, 5.41) is 0. The molecule has 3 saturated carbocycles. The van der Waals surface area contributed by atoms with E-state index < -0.39 is 71.0 Å². The normalized spacial score (nSPS) is 28.2. The molecule has 6 aliphatic carbocycles. The molecule has 0 amide bonds. The third-order valence-electron chi connectivity index (χ3n) is 17.1. The van der Waals surface area contributed by atoms with Crippen molar-refractivity contribution in [3.63, 3.8) is 0 Å². The number of hydrogen-bond donors (Lipinski definition) is 0. The maximum atomic E-state index is 16.0. The van der Waals surface area contributed by atoms with Crippen LogP contribution in [-0.4, -0.2) is 34.7 Å². The molecule has 348 valence electrons. The Balaban J connectivity index is 1.10. The summed E-state index contributed by atoms with van der Waals surface area (Å²) < 4.78 is 0. The fraction of sp³-hybridized carbons (Fsp3) is 0.182. The Morgan fingerprint density at radius 1 is 0.167 bits per heavy atom. The van der Waals surface area contributed by atoms with Crippen molar-refractivity contribution in [1.82, 2.24) is 0 Å². The van der Waals surface area contributed by atoms with Crippen LogP contribution in [0.15, 0.2) is 218 Å². The fourth-order valence-corrected chi connectivity index (χ4v) is 14.0. The Hall–Kier alpha value is -8.22. The maximum Gasteiger partial charge on any atom is 0.167 e. The first-order valence-corrected chi connectivity index (χ1v) is 25.1. The molecule has 3 fully saturated rings. The molecule has 0 aliphatic heterocycles. The molecule has 0 radical (unpaired) electrons. The predicted octanol–water partition coefficient (Wildman–Crippen LogP) is 13.0. The van der Waals surface area contributed by atoms with Crippen LogP contribution in [0.5, 0.6) is 0 Å². The highest BCUT2D eigenvalue weighted by Gasteiger charge is 2.62. The molecule has 6 nitrogen and oxygen atoms in total. The van der Waals surface area contributed by atoms with E-state index in [1.165, 1.54) is 0 Å². The lowest BCUT2D eigenvalue weighted by Gasteiger charge is -2.53. The van der Waals surface area contributed by atoms with Gasteiger partial charge < -0.3 is 0 Å². The SMILES string of the molecule is O=C1c2cc3cc(c2)C(=O)[C@@H]2[C@H](C(=O)c4cc(cc(c4)C(=O)[C@H]4[C@@H](C3=O)[C@H](c3ccccc3)[C@@H]4c3ccccc3)C(=O)[C@H]3[C@@H]1[C@H](c1ccccc1)[C@@H]3c1ccccc1)[C@@H](c1ccccc1)[C@H]2c1ccccc1. The van der Waals surface area contributed by atoms with Crippen molar-refractivity contribution < 1.29 is 28.8 Å². The molecule has 0 heterocycles. The average Bonchev–Trinajstić information content (AvgIpc) is 3.41. The van der Waals surface area contributed by atoms with E-state index in [1.807, 2.05) is 182 Å². The summed E-state index contributed by atoms with van der Waals surface area (Å²) >= 11 is 0. The molecule has 6 heteroatoms. The zero-order chi connectivity index (χ0) is 48.8. The Kier molecular flexibility index (Phi) is 10.5. The Morgan fingerprint density at radius 2 is 0.292 bits per heavy atom. The van der Waals surface area contributed by atoms with E-state index in [0.717, 1.165) is 33.4 Å². The number of Topliss-reactive ketones (excluding diaryl/α,β-unsaturated/α-hetero) is 6. The van der Waals surface area contributed by atoms with Gasteiger partial charge >= 0.3 is 0 Å². The molecule has 0 N–H and O–H groups in total. The van der Waals surface area contributed by atoms with E-state index in [4.69, 9.17) is 0 Å². The highest BCUT2D eigenvalue weighted by Crippen LogP contribution is 2.63. The molecule has 0 aromatic heterocycles. The maximum absolute atomic E-state index is 16.0. The Bertz CT molecular complexity index is 2850. The van der Waals surface area contributed by atoms with Crippen LogP contribution >= 0.6 is 0 Å². The van der Waals surface area contributed by atoms with Crippen LogP contribution in [0.25, 0.3) is 0 Å². The van der Waals surface area contributed by atoms with Crippen molar-refractivity contribution >= 4 is 34.7 Å². The summed E-state index contributed by atoms with van der Waals surface area (Å²) in [5.74, 6) is -10.3. The summed E-state index contributed by atoms with van der Waals surface area (Å²) in [6.07, 6.45) is 0. The summed E-state index contributed by atoms with van der Waals surface area (Å²) in [5.41, 5.74) is 6.19. The standard InChI is InChI=1S/C66H48O6/c67-61-43-31-45-35-46(32-43)64(70)58-52(40-25-13-4-14-26-40)54(42-29-17-6-18-30-42)60(58)66(72)48-34-44(62(68)56-50(38-21-9-2-10-22-38)49(55(56)61)37-19-7-1-8-20-37)33-47(36-48)65(71)59-53(41-27-15-5-16-28-41)51(57(59)63(45)69)39-23-11-3-12-24-39/h1-36,49-60H/t49-,50+,51-,52-,53+,54+,55+,56-,57+,58+,59-,60-. The zero-order valence-electron chi connectivity index (χ0n) is 39.2. The van der Waals surface area contributed by atoms with Gasteiger partial charge in [0.15, 0.2) is 34.7 Å². The van der Waals surface area contributed by atoms with Crippen LogP contribution < -0.4 is 0 Å². The van der Waals surface area contributed by atoms with Crippen LogP contribution in [0, 0.1) is 35.5 Å². The summed E-state index contributed by atoms with van der Waals surface area (Å²) in [4.78, 5) is 96.1. The number of rotatable bonds is 6. The third-order valence-corrected chi connectivity index (χ3v) is 17.1. The van der Waals surface area contributed by atoms with Crippen LogP contribution in [0.4, 0.5) is 0 Å². The first kappa shape index (κ1) is 43.8. The quantitative estimate of drug-likeness (QED) is 0.165. The van der Waals surface area contributed by atoms with E-state index in [9.17, 15) is 0 Å². The molecule has 72 heavy (non-hydrogen) atoms. The molecule has 6 bridgehead atoms. The Morgan fingerprint density at radius 3 is 0.417 bits per heavy atom. The van der Waals surface area contributed by atoms with Gasteiger partial charge in [0.2, 0.25) is 0 Å². The summed E-state index contributed by atoms with van der Waals surface area (Å²) in [6.45, 7) is 0. The van der Waals surface area contributed by atoms with Crippen molar-refractivity contribution in [2.75, 3.05) is 0 Å². The molecule has 8 aromatic rings. The van der Waals surface area contributed by atoms with Crippen LogP contribution in [0.3, 0.4) is 0 Å². The molecular weight excluding hydrogens is 889 g/mol. The van der Waals surface area contributed by atoms with E-state index >= 15 is 28.8 Å².